The summed E-state index contributed by atoms with van der Waals surface area (Å²) in [5, 5.41) is 2.05. The Morgan fingerprint density at radius 3 is 2.76 bits per heavy atom. The van der Waals surface area contributed by atoms with Gasteiger partial charge in [-0.25, -0.2) is 0 Å². The molecule has 2 aromatic rings. The number of halogens is 1. The fourth-order valence-electron chi connectivity index (χ4n) is 1.75. The third kappa shape index (κ3) is 2.79. The third-order valence-corrected chi connectivity index (χ3v) is 3.87. The highest BCUT2D eigenvalue weighted by molar-refractivity contribution is 7.12. The highest BCUT2D eigenvalue weighted by Gasteiger charge is 2.21. The third-order valence-electron chi connectivity index (χ3n) is 2.72. The van der Waals surface area contributed by atoms with Crippen LogP contribution in [-0.4, -0.2) is 18.6 Å². The maximum absolute atomic E-state index is 12.0. The number of thiophene rings is 1. The lowest BCUT2D eigenvalue weighted by atomic mass is 10.2. The molecule has 8 heteroatoms. The van der Waals surface area contributed by atoms with Crippen LogP contribution in [0, 0.1) is 0 Å². The Morgan fingerprint density at radius 1 is 1.19 bits per heavy atom. The Bertz CT molecular complexity index is 702. The lowest BCUT2D eigenvalue weighted by Gasteiger charge is -2.07. The predicted octanol–water partition coefficient (Wildman–Crippen LogP) is 2.21. The van der Waals surface area contributed by atoms with E-state index < -0.39 is 5.91 Å². The average Bonchev–Trinajstić information content (AvgIpc) is 3.14. The molecule has 0 bridgehead atoms. The molecule has 2 N–H and O–H groups in total. The van der Waals surface area contributed by atoms with Crippen LogP contribution in [0.1, 0.15) is 20.0 Å². The average molecular weight is 325 g/mol. The Kier molecular flexibility index (Phi) is 3.68. The maximum atomic E-state index is 12.0. The van der Waals surface area contributed by atoms with Gasteiger partial charge in [-0.1, -0.05) is 17.7 Å². The summed E-state index contributed by atoms with van der Waals surface area (Å²) in [7, 11) is 0. The van der Waals surface area contributed by atoms with Gasteiger partial charge in [0.05, 0.1) is 9.90 Å². The van der Waals surface area contributed by atoms with Crippen LogP contribution < -0.4 is 20.3 Å². The molecule has 1 aliphatic rings. The number of hydrazine groups is 1. The molecule has 2 amide bonds. The molecule has 0 radical (unpaired) electrons. The molecule has 2 heterocycles. The van der Waals surface area contributed by atoms with E-state index in [0.29, 0.717) is 16.4 Å². The van der Waals surface area contributed by atoms with Gasteiger partial charge in [-0.15, -0.1) is 11.3 Å². The van der Waals surface area contributed by atoms with Gasteiger partial charge in [0.25, 0.3) is 11.8 Å². The van der Waals surface area contributed by atoms with Crippen molar-refractivity contribution in [1.82, 2.24) is 10.9 Å². The van der Waals surface area contributed by atoms with Crippen molar-refractivity contribution in [2.24, 2.45) is 0 Å². The lowest BCUT2D eigenvalue weighted by molar-refractivity contribution is 0.0849. The van der Waals surface area contributed by atoms with Crippen molar-refractivity contribution >= 4 is 34.8 Å². The number of carbonyl (C=O) groups excluding carboxylic acids is 2. The van der Waals surface area contributed by atoms with Crippen LogP contribution >= 0.6 is 22.9 Å². The topological polar surface area (TPSA) is 76.7 Å². The summed E-state index contributed by atoms with van der Waals surface area (Å²) in [4.78, 5) is 24.2. The number of rotatable bonds is 2. The van der Waals surface area contributed by atoms with Crippen LogP contribution in [-0.2, 0) is 0 Å². The maximum Gasteiger partial charge on any atom is 0.279 e. The quantitative estimate of drug-likeness (QED) is 0.830. The van der Waals surface area contributed by atoms with E-state index in [2.05, 4.69) is 10.9 Å². The number of carbonyl (C=O) groups is 2. The highest BCUT2D eigenvalue weighted by Crippen LogP contribution is 2.39. The molecule has 3 rings (SSSR count). The zero-order valence-corrected chi connectivity index (χ0v) is 12.1. The van der Waals surface area contributed by atoms with Gasteiger partial charge in [0, 0.05) is 5.56 Å². The molecule has 1 aromatic carbocycles. The number of hydrogen-bond acceptors (Lipinski definition) is 5. The summed E-state index contributed by atoms with van der Waals surface area (Å²) in [5.41, 5.74) is 4.91. The van der Waals surface area contributed by atoms with Crippen molar-refractivity contribution in [2.45, 2.75) is 0 Å². The van der Waals surface area contributed by atoms with E-state index in [0.717, 1.165) is 0 Å². The Balaban J connectivity index is 1.69. The van der Waals surface area contributed by atoms with Crippen LogP contribution in [0.25, 0.3) is 0 Å². The van der Waals surface area contributed by atoms with Crippen molar-refractivity contribution in [1.29, 1.82) is 0 Å². The molecule has 0 saturated carbocycles. The van der Waals surface area contributed by atoms with Crippen molar-refractivity contribution in [3.63, 3.8) is 0 Å². The van der Waals surface area contributed by atoms with Crippen molar-refractivity contribution < 1.29 is 19.1 Å². The molecule has 0 spiro atoms. The van der Waals surface area contributed by atoms with Gasteiger partial charge in [0.15, 0.2) is 11.5 Å². The fourth-order valence-corrected chi connectivity index (χ4v) is 2.64. The van der Waals surface area contributed by atoms with E-state index in [1.165, 1.54) is 23.5 Å². The minimum atomic E-state index is -0.500. The molecule has 0 unspecified atom stereocenters. The van der Waals surface area contributed by atoms with Crippen LogP contribution in [0.5, 0.6) is 11.5 Å². The van der Waals surface area contributed by atoms with Crippen molar-refractivity contribution in [2.75, 3.05) is 6.79 Å². The number of ether oxygens (including phenoxy) is 2. The zero-order valence-electron chi connectivity index (χ0n) is 10.5. The Hall–Kier alpha value is -2.25. The molecule has 0 saturated heterocycles. The summed E-state index contributed by atoms with van der Waals surface area (Å²) in [6, 6.07) is 6.35. The van der Waals surface area contributed by atoms with E-state index in [-0.39, 0.29) is 23.3 Å². The van der Waals surface area contributed by atoms with Gasteiger partial charge in [-0.2, -0.15) is 0 Å². The van der Waals surface area contributed by atoms with Gasteiger partial charge in [-0.05, 0) is 23.6 Å². The summed E-state index contributed by atoms with van der Waals surface area (Å²) in [6.07, 6.45) is 0. The first-order valence-corrected chi connectivity index (χ1v) is 7.14. The van der Waals surface area contributed by atoms with Crippen LogP contribution in [0.15, 0.2) is 29.6 Å². The second kappa shape index (κ2) is 5.63. The molecule has 0 fully saturated rings. The molecule has 0 atom stereocenters. The number of nitrogens with one attached hydrogen (secondary N) is 2. The first-order valence-electron chi connectivity index (χ1n) is 5.88. The molecule has 21 heavy (non-hydrogen) atoms. The fraction of sp³-hybridized carbons (Fsp3) is 0.0769. The summed E-state index contributed by atoms with van der Waals surface area (Å²) >= 11 is 7.27. The van der Waals surface area contributed by atoms with E-state index in [9.17, 15) is 9.59 Å². The van der Waals surface area contributed by atoms with Gasteiger partial charge >= 0.3 is 0 Å². The zero-order chi connectivity index (χ0) is 14.8. The summed E-state index contributed by atoms with van der Waals surface area (Å²) in [6.45, 7) is 0.0647. The first kappa shape index (κ1) is 13.7. The van der Waals surface area contributed by atoms with Crippen LogP contribution in [0.2, 0.25) is 5.02 Å². The standard InChI is InChI=1S/C13H9ClN2O4S/c14-8-4-7(5-9-11(8)20-6-19-9)12(17)15-16-13(18)10-2-1-3-21-10/h1-5H,6H2,(H,15,17)(H,16,18). The second-order valence-corrected chi connectivity index (χ2v) is 5.43. The van der Waals surface area contributed by atoms with Crippen molar-refractivity contribution in [3.8, 4) is 11.5 Å². The Morgan fingerprint density at radius 2 is 2.00 bits per heavy atom. The summed E-state index contributed by atoms with van der Waals surface area (Å²) < 4.78 is 10.3. The Labute approximate surface area is 128 Å². The van der Waals surface area contributed by atoms with E-state index in [1.807, 2.05) is 0 Å². The van der Waals surface area contributed by atoms with Gasteiger partial charge in [0.2, 0.25) is 6.79 Å². The number of amides is 2. The predicted molar refractivity (Wildman–Crippen MR) is 76.8 cm³/mol. The monoisotopic (exact) mass is 324 g/mol. The van der Waals surface area contributed by atoms with Gasteiger partial charge in [0.1, 0.15) is 0 Å². The molecular formula is C13H9ClN2O4S. The second-order valence-electron chi connectivity index (χ2n) is 4.08. The number of fused-ring (bicyclic) bond motifs is 1. The minimum Gasteiger partial charge on any atom is -0.454 e. The summed E-state index contributed by atoms with van der Waals surface area (Å²) in [5.74, 6) is -0.0710. The van der Waals surface area contributed by atoms with Crippen LogP contribution in [0.3, 0.4) is 0 Å². The minimum absolute atomic E-state index is 0.0647. The van der Waals surface area contributed by atoms with E-state index in [1.54, 1.807) is 17.5 Å². The highest BCUT2D eigenvalue weighted by atomic mass is 35.5. The van der Waals surface area contributed by atoms with Gasteiger partial charge < -0.3 is 9.47 Å². The van der Waals surface area contributed by atoms with E-state index >= 15 is 0 Å². The molecule has 1 aromatic heterocycles. The normalized spacial score (nSPS) is 12.0. The lowest BCUT2D eigenvalue weighted by Crippen LogP contribution is -2.41. The molecule has 1 aliphatic heterocycles. The smallest absolute Gasteiger partial charge is 0.279 e. The first-order chi connectivity index (χ1) is 10.1. The SMILES string of the molecule is O=C(NNC(=O)c1cccs1)c1cc(Cl)c2c(c1)OCO2. The molecule has 6 nitrogen and oxygen atoms in total. The number of hydrogen-bond donors (Lipinski definition) is 2. The van der Waals surface area contributed by atoms with Crippen molar-refractivity contribution in [3.05, 3.63) is 45.1 Å². The molecular weight excluding hydrogens is 316 g/mol. The largest absolute Gasteiger partial charge is 0.454 e. The number of benzene rings is 1. The molecule has 0 aliphatic carbocycles. The van der Waals surface area contributed by atoms with E-state index in [4.69, 9.17) is 21.1 Å². The van der Waals surface area contributed by atoms with Crippen LogP contribution in [0.4, 0.5) is 0 Å². The molecule has 108 valence electrons. The van der Waals surface area contributed by atoms with Gasteiger partial charge in [-0.3, -0.25) is 20.4 Å².